The maximum Gasteiger partial charge on any atom is 0.402 e. The number of benzene rings is 1. The Bertz CT molecular complexity index is 726. The zero-order valence-corrected chi connectivity index (χ0v) is 18.8. The van der Waals surface area contributed by atoms with Crippen molar-refractivity contribution in [1.29, 1.82) is 0 Å². The van der Waals surface area contributed by atoms with E-state index in [2.05, 4.69) is 5.43 Å². The Kier molecular flexibility index (Phi) is 10.2. The summed E-state index contributed by atoms with van der Waals surface area (Å²) in [5, 5.41) is 0.791. The molecule has 0 unspecified atom stereocenters. The average molecular weight is 443 g/mol. The lowest BCUT2D eigenvalue weighted by atomic mass is 10.1. The van der Waals surface area contributed by atoms with Crippen molar-refractivity contribution in [2.45, 2.75) is 71.7 Å². The lowest BCUT2D eigenvalue weighted by Gasteiger charge is -2.33. The topological polar surface area (TPSA) is 58.6 Å². The molecule has 1 aromatic rings. The minimum absolute atomic E-state index is 0.00207. The van der Waals surface area contributed by atoms with E-state index in [9.17, 15) is 22.8 Å². The number of rotatable bonds is 10. The van der Waals surface area contributed by atoms with E-state index in [0.717, 1.165) is 10.6 Å². The molecular weight excluding hydrogens is 409 g/mol. The molecule has 0 radical (unpaired) electrons. The van der Waals surface area contributed by atoms with Gasteiger partial charge in [0.05, 0.1) is 0 Å². The van der Waals surface area contributed by atoms with Crippen molar-refractivity contribution in [3.8, 4) is 0 Å². The highest BCUT2D eigenvalue weighted by atomic mass is 19.4. The first-order valence-electron chi connectivity index (χ1n) is 10.4. The first-order valence-corrected chi connectivity index (χ1v) is 10.4. The smallest absolute Gasteiger partial charge is 0.402 e. The summed E-state index contributed by atoms with van der Waals surface area (Å²) in [6.07, 6.45) is -0.634. The molecule has 0 heterocycles. The number of nitrogens with one attached hydrogen (secondary N) is 1. The van der Waals surface area contributed by atoms with Crippen LogP contribution in [-0.2, 0) is 14.3 Å². The molecule has 0 aliphatic rings. The van der Waals surface area contributed by atoms with Gasteiger partial charge < -0.3 is 4.74 Å². The molecule has 0 saturated heterocycles. The van der Waals surface area contributed by atoms with Crippen LogP contribution in [0, 0.1) is 5.92 Å². The largest absolute Gasteiger partial charge is 0.458 e. The minimum Gasteiger partial charge on any atom is -0.458 e. The molecule has 0 saturated carbocycles. The van der Waals surface area contributed by atoms with Crippen LogP contribution in [-0.4, -0.2) is 41.2 Å². The average Bonchev–Trinajstić information content (AvgIpc) is 2.63. The number of hydrogen-bond donors (Lipinski definition) is 1. The maximum atomic E-state index is 12.9. The summed E-state index contributed by atoms with van der Waals surface area (Å²) in [5.41, 5.74) is 2.14. The van der Waals surface area contributed by atoms with Crippen LogP contribution in [0.2, 0.25) is 0 Å². The van der Waals surface area contributed by atoms with Crippen LogP contribution in [0.3, 0.4) is 0 Å². The summed E-state index contributed by atoms with van der Waals surface area (Å²) < 4.78 is 44.0. The summed E-state index contributed by atoms with van der Waals surface area (Å²) in [4.78, 5) is 25.6. The highest BCUT2D eigenvalue weighted by Gasteiger charge is 2.36. The molecule has 1 rings (SSSR count). The number of amides is 1. The molecular formula is C23H33F3N2O3. The molecule has 0 bridgehead atoms. The lowest BCUT2D eigenvalue weighted by molar-refractivity contribution is -0.172. The van der Waals surface area contributed by atoms with Gasteiger partial charge in [-0.15, -0.1) is 0 Å². The molecule has 1 N–H and O–H groups in total. The quantitative estimate of drug-likeness (QED) is 0.403. The minimum atomic E-state index is -4.55. The SMILES string of the molecule is CC(C)CCC(=O)N(NCC(F)(F)F)[C@@H](CC=Cc1ccccc1)C(=O)OC(C)(C)C. The molecule has 1 atom stereocenters. The zero-order chi connectivity index (χ0) is 23.7. The van der Waals surface area contributed by atoms with Crippen molar-refractivity contribution < 1.29 is 27.5 Å². The Morgan fingerprint density at radius 2 is 1.74 bits per heavy atom. The second-order valence-electron chi connectivity index (χ2n) is 8.74. The Hall–Kier alpha value is -2.35. The monoisotopic (exact) mass is 442 g/mol. The number of alkyl halides is 3. The van der Waals surface area contributed by atoms with E-state index in [4.69, 9.17) is 4.74 Å². The normalized spacial score (nSPS) is 13.5. The van der Waals surface area contributed by atoms with E-state index in [1.165, 1.54) is 0 Å². The van der Waals surface area contributed by atoms with Gasteiger partial charge in [-0.25, -0.2) is 10.2 Å². The number of hydrogen-bond acceptors (Lipinski definition) is 4. The number of ether oxygens (including phenoxy) is 1. The van der Waals surface area contributed by atoms with E-state index in [-0.39, 0.29) is 18.8 Å². The van der Waals surface area contributed by atoms with Gasteiger partial charge in [-0.05, 0) is 45.1 Å². The molecule has 0 fully saturated rings. The first-order chi connectivity index (χ1) is 14.3. The molecule has 1 amide bonds. The molecule has 0 spiro atoms. The second kappa shape index (κ2) is 11.9. The lowest BCUT2D eigenvalue weighted by Crippen LogP contribution is -2.56. The third-order valence-corrected chi connectivity index (χ3v) is 4.11. The Labute approximate surface area is 182 Å². The van der Waals surface area contributed by atoms with Crippen LogP contribution in [0.1, 0.15) is 59.4 Å². The van der Waals surface area contributed by atoms with Crippen LogP contribution < -0.4 is 5.43 Å². The number of halogens is 3. The summed E-state index contributed by atoms with van der Waals surface area (Å²) in [6, 6.07) is 8.02. The van der Waals surface area contributed by atoms with Gasteiger partial charge in [-0.1, -0.05) is 56.3 Å². The molecule has 0 aromatic heterocycles. The molecule has 0 aliphatic carbocycles. The number of nitrogens with zero attached hydrogens (tertiary/aromatic N) is 1. The fraction of sp³-hybridized carbons (Fsp3) is 0.565. The summed E-state index contributed by atoms with van der Waals surface area (Å²) >= 11 is 0. The van der Waals surface area contributed by atoms with Gasteiger partial charge >= 0.3 is 12.1 Å². The highest BCUT2D eigenvalue weighted by molar-refractivity contribution is 5.84. The van der Waals surface area contributed by atoms with Crippen LogP contribution in [0.25, 0.3) is 6.08 Å². The van der Waals surface area contributed by atoms with Gasteiger partial charge in [0.15, 0.2) is 0 Å². The number of esters is 1. The van der Waals surface area contributed by atoms with E-state index in [1.54, 1.807) is 32.9 Å². The summed E-state index contributed by atoms with van der Waals surface area (Å²) in [7, 11) is 0. The van der Waals surface area contributed by atoms with Gasteiger partial charge in [0.1, 0.15) is 18.2 Å². The summed E-state index contributed by atoms with van der Waals surface area (Å²) in [6.45, 7) is 7.38. The van der Waals surface area contributed by atoms with Crippen LogP contribution in [0.5, 0.6) is 0 Å². The van der Waals surface area contributed by atoms with Crippen molar-refractivity contribution in [3.05, 3.63) is 42.0 Å². The van der Waals surface area contributed by atoms with Gasteiger partial charge in [0.2, 0.25) is 5.91 Å². The zero-order valence-electron chi connectivity index (χ0n) is 18.8. The van der Waals surface area contributed by atoms with Gasteiger partial charge in [0, 0.05) is 6.42 Å². The predicted molar refractivity (Wildman–Crippen MR) is 115 cm³/mol. The van der Waals surface area contributed by atoms with Crippen molar-refractivity contribution in [2.75, 3.05) is 6.54 Å². The van der Waals surface area contributed by atoms with E-state index in [0.29, 0.717) is 6.42 Å². The van der Waals surface area contributed by atoms with Crippen LogP contribution in [0.15, 0.2) is 36.4 Å². The summed E-state index contributed by atoms with van der Waals surface area (Å²) in [5.74, 6) is -1.16. The Morgan fingerprint density at radius 1 is 1.13 bits per heavy atom. The van der Waals surface area contributed by atoms with E-state index < -0.39 is 36.2 Å². The molecule has 174 valence electrons. The molecule has 8 heteroatoms. The van der Waals surface area contributed by atoms with Crippen LogP contribution in [0.4, 0.5) is 13.2 Å². The molecule has 0 aliphatic heterocycles. The molecule has 1 aromatic carbocycles. The Balaban J connectivity index is 3.14. The molecule has 5 nitrogen and oxygen atoms in total. The third-order valence-electron chi connectivity index (χ3n) is 4.11. The fourth-order valence-corrected chi connectivity index (χ4v) is 2.65. The Morgan fingerprint density at radius 3 is 2.26 bits per heavy atom. The standard InChI is InChI=1S/C23H33F3N2O3/c1-17(2)14-15-20(29)28(27-16-23(24,25)26)19(21(30)31-22(3,4)5)13-9-12-18-10-7-6-8-11-18/h6-12,17,19,27H,13-16H2,1-5H3/t19-/m0/s1. The number of carbonyl (C=O) groups excluding carboxylic acids is 2. The van der Waals surface area contributed by atoms with E-state index in [1.807, 2.05) is 44.2 Å². The van der Waals surface area contributed by atoms with Gasteiger partial charge in [0.25, 0.3) is 0 Å². The second-order valence-corrected chi connectivity index (χ2v) is 8.74. The predicted octanol–water partition coefficient (Wildman–Crippen LogP) is 5.13. The highest BCUT2D eigenvalue weighted by Crippen LogP contribution is 2.18. The van der Waals surface area contributed by atoms with Crippen molar-refractivity contribution >= 4 is 18.0 Å². The van der Waals surface area contributed by atoms with E-state index >= 15 is 0 Å². The number of hydrazine groups is 1. The van der Waals surface area contributed by atoms with Crippen molar-refractivity contribution in [1.82, 2.24) is 10.4 Å². The third kappa shape index (κ3) is 11.6. The first kappa shape index (κ1) is 26.7. The van der Waals surface area contributed by atoms with Crippen molar-refractivity contribution in [3.63, 3.8) is 0 Å². The molecule has 31 heavy (non-hydrogen) atoms. The maximum absolute atomic E-state index is 12.9. The van der Waals surface area contributed by atoms with Crippen LogP contribution >= 0.6 is 0 Å². The van der Waals surface area contributed by atoms with Gasteiger partial charge in [-0.3, -0.25) is 9.80 Å². The fourth-order valence-electron chi connectivity index (χ4n) is 2.65. The van der Waals surface area contributed by atoms with Crippen molar-refractivity contribution in [2.24, 2.45) is 5.92 Å². The van der Waals surface area contributed by atoms with Gasteiger partial charge in [-0.2, -0.15) is 13.2 Å². The number of carbonyl (C=O) groups is 2.